The van der Waals surface area contributed by atoms with E-state index in [1.165, 1.54) is 108 Å². The average molecular weight is 443 g/mol. The highest BCUT2D eigenvalue weighted by Crippen LogP contribution is 2.44. The predicted molar refractivity (Wildman–Crippen MR) is 133 cm³/mol. The number of ether oxygens (including phenoxy) is 1. The summed E-state index contributed by atoms with van der Waals surface area (Å²) in [5, 5.41) is 0. The SMILES string of the molecule is CCCCCC1CCC(c2ccc(C3CCC(C4CCC(OC)CC4)CC3)c(F)c2)CC1. The fraction of sp³-hybridized carbons (Fsp3) is 0.800. The van der Waals surface area contributed by atoms with E-state index in [-0.39, 0.29) is 5.82 Å². The molecule has 0 heterocycles. The Kier molecular flexibility index (Phi) is 9.09. The summed E-state index contributed by atoms with van der Waals surface area (Å²) in [5.74, 6) is 3.76. The Hall–Kier alpha value is -0.890. The van der Waals surface area contributed by atoms with Crippen LogP contribution in [0.15, 0.2) is 18.2 Å². The summed E-state index contributed by atoms with van der Waals surface area (Å²) in [5.41, 5.74) is 2.27. The number of benzene rings is 1. The van der Waals surface area contributed by atoms with E-state index >= 15 is 4.39 Å². The van der Waals surface area contributed by atoms with Gasteiger partial charge >= 0.3 is 0 Å². The van der Waals surface area contributed by atoms with Gasteiger partial charge < -0.3 is 4.74 Å². The molecule has 0 N–H and O–H groups in total. The molecule has 0 atom stereocenters. The van der Waals surface area contributed by atoms with Crippen molar-refractivity contribution >= 4 is 0 Å². The van der Waals surface area contributed by atoms with Crippen LogP contribution in [0, 0.1) is 23.6 Å². The van der Waals surface area contributed by atoms with Crippen molar-refractivity contribution in [1.82, 2.24) is 0 Å². The lowest BCUT2D eigenvalue weighted by molar-refractivity contribution is 0.0410. The molecule has 0 aromatic heterocycles. The summed E-state index contributed by atoms with van der Waals surface area (Å²) in [6.07, 6.45) is 21.2. The fourth-order valence-electron chi connectivity index (χ4n) is 7.29. The molecular formula is C30H47FO. The molecule has 0 unspecified atom stereocenters. The van der Waals surface area contributed by atoms with Crippen LogP contribution < -0.4 is 0 Å². The summed E-state index contributed by atoms with van der Waals surface area (Å²) in [7, 11) is 1.86. The van der Waals surface area contributed by atoms with Crippen molar-refractivity contribution in [3.8, 4) is 0 Å². The first-order chi connectivity index (χ1) is 15.7. The molecule has 0 bridgehead atoms. The van der Waals surface area contributed by atoms with Gasteiger partial charge in [0.1, 0.15) is 5.82 Å². The van der Waals surface area contributed by atoms with E-state index in [2.05, 4.69) is 19.1 Å². The minimum Gasteiger partial charge on any atom is -0.381 e. The van der Waals surface area contributed by atoms with Crippen molar-refractivity contribution in [2.45, 2.75) is 128 Å². The second-order valence-electron chi connectivity index (χ2n) is 11.4. The number of hydrogen-bond acceptors (Lipinski definition) is 1. The van der Waals surface area contributed by atoms with Gasteiger partial charge in [-0.15, -0.1) is 0 Å². The maximum Gasteiger partial charge on any atom is 0.126 e. The number of methoxy groups -OCH3 is 1. The predicted octanol–water partition coefficient (Wildman–Crippen LogP) is 9.16. The third kappa shape index (κ3) is 6.16. The quantitative estimate of drug-likeness (QED) is 0.365. The van der Waals surface area contributed by atoms with E-state index < -0.39 is 0 Å². The molecule has 1 aromatic carbocycles. The van der Waals surface area contributed by atoms with Crippen LogP contribution >= 0.6 is 0 Å². The smallest absolute Gasteiger partial charge is 0.126 e. The Morgan fingerprint density at radius 2 is 1.41 bits per heavy atom. The number of hydrogen-bond donors (Lipinski definition) is 0. The van der Waals surface area contributed by atoms with Gasteiger partial charge in [0.15, 0.2) is 0 Å². The van der Waals surface area contributed by atoms with E-state index in [1.807, 2.05) is 13.2 Å². The monoisotopic (exact) mass is 442 g/mol. The summed E-state index contributed by atoms with van der Waals surface area (Å²) >= 11 is 0. The topological polar surface area (TPSA) is 9.23 Å². The highest BCUT2D eigenvalue weighted by atomic mass is 19.1. The molecule has 3 saturated carbocycles. The van der Waals surface area contributed by atoms with Crippen LogP contribution in [0.5, 0.6) is 0 Å². The Morgan fingerprint density at radius 1 is 0.781 bits per heavy atom. The largest absolute Gasteiger partial charge is 0.381 e. The molecule has 4 rings (SSSR count). The zero-order valence-corrected chi connectivity index (χ0v) is 20.8. The maximum atomic E-state index is 15.2. The van der Waals surface area contributed by atoms with E-state index in [4.69, 9.17) is 4.74 Å². The third-order valence-corrected chi connectivity index (χ3v) is 9.49. The van der Waals surface area contributed by atoms with Gasteiger partial charge in [-0.2, -0.15) is 0 Å². The Bertz CT molecular complexity index is 676. The lowest BCUT2D eigenvalue weighted by atomic mass is 9.69. The van der Waals surface area contributed by atoms with Gasteiger partial charge in [0, 0.05) is 7.11 Å². The van der Waals surface area contributed by atoms with Crippen molar-refractivity contribution in [1.29, 1.82) is 0 Å². The van der Waals surface area contributed by atoms with Gasteiger partial charge in [-0.05, 0) is 124 Å². The molecule has 3 fully saturated rings. The highest BCUT2D eigenvalue weighted by molar-refractivity contribution is 5.30. The van der Waals surface area contributed by atoms with E-state index in [0.29, 0.717) is 17.9 Å². The first-order valence-electron chi connectivity index (χ1n) is 14.0. The summed E-state index contributed by atoms with van der Waals surface area (Å²) in [6.45, 7) is 2.29. The average Bonchev–Trinajstić information content (AvgIpc) is 2.85. The first-order valence-corrected chi connectivity index (χ1v) is 14.0. The number of unbranched alkanes of at least 4 members (excludes halogenated alkanes) is 2. The van der Waals surface area contributed by atoms with E-state index in [1.54, 1.807) is 0 Å². The minimum absolute atomic E-state index is 0.0802. The maximum absolute atomic E-state index is 15.2. The Morgan fingerprint density at radius 3 is 2.00 bits per heavy atom. The van der Waals surface area contributed by atoms with Gasteiger partial charge in [0.05, 0.1) is 6.10 Å². The highest BCUT2D eigenvalue weighted by Gasteiger charge is 2.32. The third-order valence-electron chi connectivity index (χ3n) is 9.49. The summed E-state index contributed by atoms with van der Waals surface area (Å²) in [6, 6.07) is 6.35. The van der Waals surface area contributed by atoms with Crippen molar-refractivity contribution < 1.29 is 9.13 Å². The van der Waals surface area contributed by atoms with Crippen LogP contribution in [0.1, 0.15) is 133 Å². The van der Waals surface area contributed by atoms with Crippen LogP contribution in [0.2, 0.25) is 0 Å². The fourth-order valence-corrected chi connectivity index (χ4v) is 7.29. The molecule has 0 saturated heterocycles. The van der Waals surface area contributed by atoms with Crippen molar-refractivity contribution in [3.63, 3.8) is 0 Å². The molecule has 1 nitrogen and oxygen atoms in total. The zero-order valence-electron chi connectivity index (χ0n) is 20.8. The van der Waals surface area contributed by atoms with Crippen molar-refractivity contribution in [2.75, 3.05) is 7.11 Å². The van der Waals surface area contributed by atoms with Crippen molar-refractivity contribution in [2.24, 2.45) is 17.8 Å². The molecule has 180 valence electrons. The number of rotatable bonds is 8. The molecule has 1 aromatic rings. The molecular weight excluding hydrogens is 395 g/mol. The summed E-state index contributed by atoms with van der Waals surface area (Å²) in [4.78, 5) is 0. The van der Waals surface area contributed by atoms with Crippen LogP contribution in [-0.2, 0) is 4.74 Å². The van der Waals surface area contributed by atoms with Gasteiger partial charge in [0.25, 0.3) is 0 Å². The standard InChI is InChI=1S/C30H47FO/c1-3-4-5-6-22-7-9-25(10-8-22)27-17-20-29(30(31)21-27)26-13-11-23(12-14-26)24-15-18-28(32-2)19-16-24/h17,20-26,28H,3-16,18-19H2,1-2H3. The molecule has 3 aliphatic rings. The lowest BCUT2D eigenvalue weighted by Crippen LogP contribution is -2.28. The van der Waals surface area contributed by atoms with E-state index in [9.17, 15) is 0 Å². The van der Waals surface area contributed by atoms with Gasteiger partial charge in [-0.3, -0.25) is 0 Å². The lowest BCUT2D eigenvalue weighted by Gasteiger charge is -2.37. The molecule has 32 heavy (non-hydrogen) atoms. The normalized spacial score (nSPS) is 33.8. The van der Waals surface area contributed by atoms with Crippen LogP contribution in [0.3, 0.4) is 0 Å². The second-order valence-corrected chi connectivity index (χ2v) is 11.4. The van der Waals surface area contributed by atoms with Gasteiger partial charge in [-0.1, -0.05) is 44.7 Å². The molecule has 0 aliphatic heterocycles. The molecule has 2 heteroatoms. The van der Waals surface area contributed by atoms with Crippen LogP contribution in [0.25, 0.3) is 0 Å². The van der Waals surface area contributed by atoms with E-state index in [0.717, 1.165) is 23.3 Å². The first kappa shape index (κ1) is 24.2. The number of halogens is 1. The zero-order chi connectivity index (χ0) is 22.3. The van der Waals surface area contributed by atoms with Crippen LogP contribution in [0.4, 0.5) is 4.39 Å². The Labute approximate surface area is 196 Å². The molecule has 3 aliphatic carbocycles. The van der Waals surface area contributed by atoms with Gasteiger partial charge in [-0.25, -0.2) is 4.39 Å². The minimum atomic E-state index is 0.0802. The van der Waals surface area contributed by atoms with Crippen molar-refractivity contribution in [3.05, 3.63) is 35.1 Å². The molecule has 0 radical (unpaired) electrons. The summed E-state index contributed by atoms with van der Waals surface area (Å²) < 4.78 is 20.7. The Balaban J connectivity index is 1.25. The molecule has 0 amide bonds. The van der Waals surface area contributed by atoms with Gasteiger partial charge in [0.2, 0.25) is 0 Å². The van der Waals surface area contributed by atoms with Crippen LogP contribution in [-0.4, -0.2) is 13.2 Å². The molecule has 0 spiro atoms. The second kappa shape index (κ2) is 12.0.